The highest BCUT2D eigenvalue weighted by Crippen LogP contribution is 2.19. The largest absolute Gasteiger partial charge is 0.435 e. The van der Waals surface area contributed by atoms with Crippen LogP contribution in [-0.2, 0) is 14.3 Å². The number of carbonyl (C=O) groups excluding carboxylic acids is 1. The molecule has 0 bridgehead atoms. The van der Waals surface area contributed by atoms with Crippen LogP contribution in [0.2, 0.25) is 0 Å². The van der Waals surface area contributed by atoms with E-state index in [0.29, 0.717) is 12.5 Å². The molecule has 16 heavy (non-hydrogen) atoms. The minimum Gasteiger partial charge on any atom is -0.435 e. The molecule has 0 amide bonds. The van der Waals surface area contributed by atoms with Crippen molar-refractivity contribution >= 4 is 5.97 Å². The predicted octanol–water partition coefficient (Wildman–Crippen LogP) is 3.37. The molecule has 2 atom stereocenters. The average Bonchev–Trinajstić information content (AvgIpc) is 2.29. The van der Waals surface area contributed by atoms with Gasteiger partial charge in [-0.05, 0) is 26.2 Å². The molecule has 0 heterocycles. The van der Waals surface area contributed by atoms with Crippen molar-refractivity contribution in [1.82, 2.24) is 0 Å². The molecule has 0 saturated heterocycles. The molecular weight excluding hydrogens is 204 g/mol. The van der Waals surface area contributed by atoms with E-state index >= 15 is 0 Å². The van der Waals surface area contributed by atoms with Gasteiger partial charge < -0.3 is 9.47 Å². The lowest BCUT2D eigenvalue weighted by molar-refractivity contribution is -0.195. The first-order valence-corrected chi connectivity index (χ1v) is 6.42. The summed E-state index contributed by atoms with van der Waals surface area (Å²) in [5, 5.41) is 0. The highest BCUT2D eigenvalue weighted by molar-refractivity contribution is 5.72. The SMILES string of the molecule is CCOC(OC(=O)C(C)CC)C(CC)CC. The van der Waals surface area contributed by atoms with Crippen LogP contribution in [0.5, 0.6) is 0 Å². The minimum atomic E-state index is -0.374. The van der Waals surface area contributed by atoms with Crippen molar-refractivity contribution in [2.45, 2.75) is 60.2 Å². The van der Waals surface area contributed by atoms with Crippen LogP contribution in [-0.4, -0.2) is 18.9 Å². The second-order valence-electron chi connectivity index (χ2n) is 4.15. The molecule has 0 aromatic carbocycles. The van der Waals surface area contributed by atoms with Crippen LogP contribution in [0.1, 0.15) is 53.9 Å². The second-order valence-corrected chi connectivity index (χ2v) is 4.15. The summed E-state index contributed by atoms with van der Waals surface area (Å²) >= 11 is 0. The maximum Gasteiger partial charge on any atom is 0.310 e. The van der Waals surface area contributed by atoms with Crippen LogP contribution in [0.15, 0.2) is 0 Å². The molecule has 96 valence electrons. The monoisotopic (exact) mass is 230 g/mol. The van der Waals surface area contributed by atoms with Crippen molar-refractivity contribution < 1.29 is 14.3 Å². The smallest absolute Gasteiger partial charge is 0.310 e. The second kappa shape index (κ2) is 8.57. The van der Waals surface area contributed by atoms with Crippen molar-refractivity contribution in [3.63, 3.8) is 0 Å². The Kier molecular flexibility index (Phi) is 8.26. The van der Waals surface area contributed by atoms with Gasteiger partial charge in [-0.15, -0.1) is 0 Å². The topological polar surface area (TPSA) is 35.5 Å². The summed E-state index contributed by atoms with van der Waals surface area (Å²) in [5.41, 5.74) is 0. The zero-order valence-corrected chi connectivity index (χ0v) is 11.3. The number of rotatable bonds is 8. The summed E-state index contributed by atoms with van der Waals surface area (Å²) in [5.74, 6) is 0.109. The van der Waals surface area contributed by atoms with Gasteiger partial charge in [0, 0.05) is 12.5 Å². The molecule has 0 aliphatic heterocycles. The van der Waals surface area contributed by atoms with E-state index in [-0.39, 0.29) is 18.2 Å². The molecule has 3 heteroatoms. The number of ether oxygens (including phenoxy) is 2. The molecule has 0 aliphatic carbocycles. The number of hydrogen-bond donors (Lipinski definition) is 0. The van der Waals surface area contributed by atoms with Crippen molar-refractivity contribution in [2.75, 3.05) is 6.61 Å². The lowest BCUT2D eigenvalue weighted by Gasteiger charge is -2.25. The molecule has 0 rings (SSSR count). The highest BCUT2D eigenvalue weighted by Gasteiger charge is 2.24. The molecule has 3 nitrogen and oxygen atoms in total. The Balaban J connectivity index is 4.36. The van der Waals surface area contributed by atoms with Gasteiger partial charge in [0.05, 0.1) is 5.92 Å². The van der Waals surface area contributed by atoms with Gasteiger partial charge in [-0.1, -0.05) is 27.7 Å². The first kappa shape index (κ1) is 15.4. The predicted molar refractivity (Wildman–Crippen MR) is 65.0 cm³/mol. The number of carbonyl (C=O) groups is 1. The van der Waals surface area contributed by atoms with Crippen molar-refractivity contribution in [3.05, 3.63) is 0 Å². The van der Waals surface area contributed by atoms with Gasteiger partial charge in [-0.2, -0.15) is 0 Å². The Morgan fingerprint density at radius 3 is 2.00 bits per heavy atom. The quantitative estimate of drug-likeness (QED) is 0.473. The van der Waals surface area contributed by atoms with Gasteiger partial charge in [0.15, 0.2) is 0 Å². The van der Waals surface area contributed by atoms with E-state index in [4.69, 9.17) is 9.47 Å². The molecular formula is C13H26O3. The summed E-state index contributed by atoms with van der Waals surface area (Å²) in [7, 11) is 0. The fourth-order valence-corrected chi connectivity index (χ4v) is 1.50. The maximum absolute atomic E-state index is 11.7. The van der Waals surface area contributed by atoms with Crippen LogP contribution in [0, 0.1) is 11.8 Å². The average molecular weight is 230 g/mol. The van der Waals surface area contributed by atoms with Crippen molar-refractivity contribution in [1.29, 1.82) is 0 Å². The van der Waals surface area contributed by atoms with E-state index in [1.165, 1.54) is 0 Å². The highest BCUT2D eigenvalue weighted by atomic mass is 16.7. The Labute approximate surface area is 99.5 Å². The Bertz CT molecular complexity index is 188. The van der Waals surface area contributed by atoms with Crippen LogP contribution in [0.4, 0.5) is 0 Å². The molecule has 0 spiro atoms. The molecule has 0 aliphatic rings. The summed E-state index contributed by atoms with van der Waals surface area (Å²) in [6.07, 6.45) is 2.37. The fraction of sp³-hybridized carbons (Fsp3) is 0.923. The number of hydrogen-bond acceptors (Lipinski definition) is 3. The third-order valence-electron chi connectivity index (χ3n) is 3.01. The summed E-state index contributed by atoms with van der Waals surface area (Å²) in [6, 6.07) is 0. The van der Waals surface area contributed by atoms with Crippen LogP contribution in [0.25, 0.3) is 0 Å². The van der Waals surface area contributed by atoms with E-state index in [1.54, 1.807) is 0 Å². The van der Waals surface area contributed by atoms with Crippen LogP contribution in [0.3, 0.4) is 0 Å². The van der Waals surface area contributed by atoms with Gasteiger partial charge in [-0.25, -0.2) is 0 Å². The van der Waals surface area contributed by atoms with E-state index in [1.807, 2.05) is 20.8 Å². The van der Waals surface area contributed by atoms with Crippen molar-refractivity contribution in [2.24, 2.45) is 11.8 Å². The Morgan fingerprint density at radius 2 is 1.62 bits per heavy atom. The van der Waals surface area contributed by atoms with Crippen LogP contribution < -0.4 is 0 Å². The molecule has 0 N–H and O–H groups in total. The van der Waals surface area contributed by atoms with E-state index in [0.717, 1.165) is 19.3 Å². The first-order chi connectivity index (χ1) is 7.60. The molecule has 0 radical (unpaired) electrons. The minimum absolute atomic E-state index is 0.0441. The molecule has 0 fully saturated rings. The van der Waals surface area contributed by atoms with E-state index in [9.17, 15) is 4.79 Å². The number of esters is 1. The zero-order chi connectivity index (χ0) is 12.6. The third kappa shape index (κ3) is 4.97. The van der Waals surface area contributed by atoms with Gasteiger partial charge in [-0.3, -0.25) is 4.79 Å². The molecule has 0 aromatic heterocycles. The zero-order valence-electron chi connectivity index (χ0n) is 11.3. The standard InChI is InChI=1S/C13H26O3/c1-6-10(5)12(14)16-13(15-9-4)11(7-2)8-3/h10-11,13H,6-9H2,1-5H3. The molecule has 0 aromatic rings. The fourth-order valence-electron chi connectivity index (χ4n) is 1.50. The van der Waals surface area contributed by atoms with Crippen LogP contribution >= 0.6 is 0 Å². The molecule has 2 unspecified atom stereocenters. The lowest BCUT2D eigenvalue weighted by Crippen LogP contribution is -2.31. The Morgan fingerprint density at radius 1 is 1.06 bits per heavy atom. The van der Waals surface area contributed by atoms with Gasteiger partial charge >= 0.3 is 5.97 Å². The van der Waals surface area contributed by atoms with Gasteiger partial charge in [0.2, 0.25) is 6.29 Å². The molecule has 0 saturated carbocycles. The van der Waals surface area contributed by atoms with Crippen molar-refractivity contribution in [3.8, 4) is 0 Å². The summed E-state index contributed by atoms with van der Waals surface area (Å²) in [4.78, 5) is 11.7. The normalized spacial score (nSPS) is 14.9. The summed E-state index contributed by atoms with van der Waals surface area (Å²) < 4.78 is 10.9. The maximum atomic E-state index is 11.7. The van der Waals surface area contributed by atoms with Gasteiger partial charge in [0.25, 0.3) is 0 Å². The first-order valence-electron chi connectivity index (χ1n) is 6.42. The van der Waals surface area contributed by atoms with E-state index in [2.05, 4.69) is 13.8 Å². The summed E-state index contributed by atoms with van der Waals surface area (Å²) in [6.45, 7) is 10.6. The third-order valence-corrected chi connectivity index (χ3v) is 3.01. The van der Waals surface area contributed by atoms with E-state index < -0.39 is 0 Å². The van der Waals surface area contributed by atoms with Gasteiger partial charge in [0.1, 0.15) is 0 Å². The Hall–Kier alpha value is -0.570. The lowest BCUT2D eigenvalue weighted by atomic mass is 10.0.